The van der Waals surface area contributed by atoms with Crippen LogP contribution in [0.2, 0.25) is 0 Å². The average molecular weight is 416 g/mol. The molecule has 0 aromatic rings. The number of hydrogen-bond donors (Lipinski definition) is 0. The Hall–Kier alpha value is 1.32. The van der Waals surface area contributed by atoms with Gasteiger partial charge < -0.3 is 28.4 Å². The van der Waals surface area contributed by atoms with Gasteiger partial charge in [0.05, 0.1) is 79.3 Å². The van der Waals surface area contributed by atoms with Gasteiger partial charge in [0.15, 0.2) is 0 Å². The molecule has 154 valence electrons. The molecule has 3 heterocycles. The van der Waals surface area contributed by atoms with Gasteiger partial charge in [0, 0.05) is 39.3 Å². The zero-order valence-electron chi connectivity index (χ0n) is 17.1. The van der Waals surface area contributed by atoms with Gasteiger partial charge in [-0.2, -0.15) is 0 Å². The van der Waals surface area contributed by atoms with Gasteiger partial charge in [0.2, 0.25) is 0 Å². The maximum absolute atomic E-state index is 5.70. The first-order chi connectivity index (χ1) is 12.9. The van der Waals surface area contributed by atoms with Crippen molar-refractivity contribution in [2.45, 2.75) is 0 Å². The first kappa shape index (κ1) is 26.4. The number of rotatable bonds is 0. The van der Waals surface area contributed by atoms with E-state index in [-0.39, 0.29) is 51.4 Å². The summed E-state index contributed by atoms with van der Waals surface area (Å²) in [6.07, 6.45) is 0. The van der Waals surface area contributed by atoms with E-state index in [1.165, 1.54) is 0 Å². The van der Waals surface area contributed by atoms with Crippen molar-refractivity contribution >= 4 is 0 Å². The van der Waals surface area contributed by atoms with Crippen molar-refractivity contribution < 1.29 is 79.8 Å². The van der Waals surface area contributed by atoms with Crippen molar-refractivity contribution in [3.05, 3.63) is 0 Å². The Labute approximate surface area is 206 Å². The van der Waals surface area contributed by atoms with E-state index >= 15 is 0 Å². The smallest absolute Gasteiger partial charge is 0.378 e. The molecule has 27 heavy (non-hydrogen) atoms. The first-order valence-corrected chi connectivity index (χ1v) is 9.86. The summed E-state index contributed by atoms with van der Waals surface area (Å²) in [5.74, 6) is 0. The normalized spacial score (nSPS) is 29.3. The summed E-state index contributed by atoms with van der Waals surface area (Å²) in [6, 6.07) is 0. The molecule has 3 aliphatic rings. The molecule has 9 heteroatoms. The molecular formula is C18H36KN2O6+. The van der Waals surface area contributed by atoms with Crippen LogP contribution in [0.5, 0.6) is 0 Å². The Morgan fingerprint density at radius 2 is 0.481 bits per heavy atom. The number of nitrogens with zero attached hydrogens (tertiary/aromatic N) is 2. The summed E-state index contributed by atoms with van der Waals surface area (Å²) < 4.78 is 34.2. The molecule has 3 aliphatic heterocycles. The summed E-state index contributed by atoms with van der Waals surface area (Å²) in [4.78, 5) is 4.62. The second-order valence-electron chi connectivity index (χ2n) is 6.36. The quantitative estimate of drug-likeness (QED) is 0.382. The molecule has 0 aromatic heterocycles. The third-order valence-electron chi connectivity index (χ3n) is 4.43. The van der Waals surface area contributed by atoms with Gasteiger partial charge in [-0.1, -0.05) is 0 Å². The fraction of sp³-hybridized carbons (Fsp3) is 1.00. The minimum atomic E-state index is 0. The van der Waals surface area contributed by atoms with Crippen LogP contribution in [0.1, 0.15) is 0 Å². The number of ether oxygens (including phenoxy) is 6. The fourth-order valence-corrected chi connectivity index (χ4v) is 2.80. The largest absolute Gasteiger partial charge is 1.00 e. The average Bonchev–Trinajstić information content (AvgIpc) is 2.65. The van der Waals surface area contributed by atoms with Crippen molar-refractivity contribution in [1.82, 2.24) is 9.80 Å². The van der Waals surface area contributed by atoms with E-state index in [1.807, 2.05) is 0 Å². The minimum absolute atomic E-state index is 0. The zero-order valence-corrected chi connectivity index (χ0v) is 20.2. The molecule has 0 spiro atoms. The molecule has 0 unspecified atom stereocenters. The van der Waals surface area contributed by atoms with Crippen molar-refractivity contribution in [2.24, 2.45) is 0 Å². The predicted molar refractivity (Wildman–Crippen MR) is 97.8 cm³/mol. The van der Waals surface area contributed by atoms with E-state index in [1.54, 1.807) is 0 Å². The van der Waals surface area contributed by atoms with Gasteiger partial charge in [-0.05, 0) is 0 Å². The Morgan fingerprint density at radius 1 is 0.296 bits per heavy atom. The molecule has 0 aromatic carbocycles. The fourth-order valence-electron chi connectivity index (χ4n) is 2.80. The number of fused-ring (bicyclic) bond motifs is 21. The SMILES string of the molecule is C1COCCN2CCOCCOCCN(CCO1)CCOCCOCC2.[K+]. The van der Waals surface area contributed by atoms with Crippen molar-refractivity contribution in [1.29, 1.82) is 0 Å². The Morgan fingerprint density at radius 3 is 0.667 bits per heavy atom. The second kappa shape index (κ2) is 19.3. The second-order valence-corrected chi connectivity index (χ2v) is 6.36. The van der Waals surface area contributed by atoms with E-state index in [2.05, 4.69) is 9.80 Å². The Balaban J connectivity index is 0.00000364. The predicted octanol–water partition coefficient (Wildman–Crippen LogP) is -3.28. The zero-order chi connectivity index (χ0) is 18.1. The van der Waals surface area contributed by atoms with Crippen LogP contribution in [0.25, 0.3) is 0 Å². The number of hydrogen-bond acceptors (Lipinski definition) is 8. The molecule has 3 rings (SSSR count). The summed E-state index contributed by atoms with van der Waals surface area (Å²) in [5.41, 5.74) is 0. The summed E-state index contributed by atoms with van der Waals surface area (Å²) in [7, 11) is 0. The topological polar surface area (TPSA) is 61.9 Å². The van der Waals surface area contributed by atoms with Gasteiger partial charge in [-0.25, -0.2) is 0 Å². The molecule has 0 atom stereocenters. The summed E-state index contributed by atoms with van der Waals surface area (Å²) in [5, 5.41) is 0. The van der Waals surface area contributed by atoms with Gasteiger partial charge in [0.25, 0.3) is 0 Å². The molecule has 3 saturated heterocycles. The van der Waals surface area contributed by atoms with Crippen molar-refractivity contribution in [3.8, 4) is 0 Å². The van der Waals surface area contributed by atoms with Crippen LogP contribution < -0.4 is 51.4 Å². The minimum Gasteiger partial charge on any atom is -0.378 e. The third-order valence-corrected chi connectivity index (χ3v) is 4.43. The Kier molecular flexibility index (Phi) is 18.8. The molecule has 8 nitrogen and oxygen atoms in total. The van der Waals surface area contributed by atoms with Gasteiger partial charge in [-0.15, -0.1) is 0 Å². The third kappa shape index (κ3) is 14.9. The molecule has 0 N–H and O–H groups in total. The maximum Gasteiger partial charge on any atom is 1.00 e. The monoisotopic (exact) mass is 415 g/mol. The summed E-state index contributed by atoms with van der Waals surface area (Å²) >= 11 is 0. The molecule has 0 radical (unpaired) electrons. The van der Waals surface area contributed by atoms with Crippen LogP contribution >= 0.6 is 0 Å². The van der Waals surface area contributed by atoms with E-state index in [0.717, 1.165) is 39.3 Å². The van der Waals surface area contributed by atoms with Crippen LogP contribution in [-0.4, -0.2) is 128 Å². The van der Waals surface area contributed by atoms with Crippen LogP contribution in [0.15, 0.2) is 0 Å². The maximum atomic E-state index is 5.70. The van der Waals surface area contributed by atoms with E-state index < -0.39 is 0 Å². The van der Waals surface area contributed by atoms with Crippen molar-refractivity contribution in [3.63, 3.8) is 0 Å². The molecule has 0 aliphatic carbocycles. The first-order valence-electron chi connectivity index (χ1n) is 9.86. The van der Waals surface area contributed by atoms with Gasteiger partial charge in [0.1, 0.15) is 0 Å². The molecule has 0 saturated carbocycles. The van der Waals surface area contributed by atoms with Crippen LogP contribution in [-0.2, 0) is 28.4 Å². The van der Waals surface area contributed by atoms with E-state index in [9.17, 15) is 0 Å². The van der Waals surface area contributed by atoms with Gasteiger partial charge >= 0.3 is 51.4 Å². The molecule has 3 fully saturated rings. The van der Waals surface area contributed by atoms with Crippen LogP contribution in [0.3, 0.4) is 0 Å². The van der Waals surface area contributed by atoms with Gasteiger partial charge in [-0.3, -0.25) is 9.80 Å². The molecular weight excluding hydrogens is 379 g/mol. The molecule has 2 bridgehead atoms. The van der Waals surface area contributed by atoms with Crippen LogP contribution in [0.4, 0.5) is 0 Å². The van der Waals surface area contributed by atoms with E-state index in [0.29, 0.717) is 79.3 Å². The summed E-state index contributed by atoms with van der Waals surface area (Å²) in [6.45, 7) is 13.2. The van der Waals surface area contributed by atoms with E-state index in [4.69, 9.17) is 28.4 Å². The standard InChI is InChI=1S/C18H36N2O6.K/c1-7-21-13-14-24-10-4-20-5-11-25-17-15-22-8-2-19(1)3-9-23-16-18-26-12-6-20;/h1-18H2;/q;+1. The van der Waals surface area contributed by atoms with Crippen LogP contribution in [0, 0.1) is 0 Å². The van der Waals surface area contributed by atoms with Crippen molar-refractivity contribution in [2.75, 3.05) is 119 Å². The molecule has 0 amide bonds. The Bertz CT molecular complexity index is 253.